The molecule has 0 aromatic rings. The maximum absolute atomic E-state index is 11.8. The van der Waals surface area contributed by atoms with E-state index in [2.05, 4.69) is 10.2 Å². The molecule has 1 heterocycles. The Morgan fingerprint density at radius 1 is 1.38 bits per heavy atom. The summed E-state index contributed by atoms with van der Waals surface area (Å²) in [4.78, 5) is 25.4. The number of likely N-dealkylation sites (tertiary alicyclic amines) is 1. The zero-order valence-electron chi connectivity index (χ0n) is 13.8. The lowest BCUT2D eigenvalue weighted by Crippen LogP contribution is -2.50. The predicted molar refractivity (Wildman–Crippen MR) is 80.0 cm³/mol. The monoisotopic (exact) mass is 300 g/mol. The molecule has 1 N–H and O–H groups in total. The second-order valence-electron chi connectivity index (χ2n) is 6.67. The Labute approximate surface area is 127 Å². The Bertz CT molecular complexity index is 365. The van der Waals surface area contributed by atoms with E-state index in [1.807, 2.05) is 27.7 Å². The molecule has 2 unspecified atom stereocenters. The first-order chi connectivity index (χ1) is 9.71. The van der Waals surface area contributed by atoms with Crippen molar-refractivity contribution in [2.45, 2.75) is 52.2 Å². The minimum atomic E-state index is -0.488. The van der Waals surface area contributed by atoms with Gasteiger partial charge in [0.2, 0.25) is 0 Å². The van der Waals surface area contributed by atoms with Gasteiger partial charge in [-0.2, -0.15) is 0 Å². The molecule has 1 amide bonds. The number of nitrogens with zero attached hydrogens (tertiary/aromatic N) is 1. The number of carbonyl (C=O) groups excluding carboxylic acids is 2. The van der Waals surface area contributed by atoms with Gasteiger partial charge in [0, 0.05) is 19.1 Å². The number of piperidine rings is 1. The summed E-state index contributed by atoms with van der Waals surface area (Å²) in [5.41, 5.74) is -0.488. The van der Waals surface area contributed by atoms with Crippen molar-refractivity contribution in [1.29, 1.82) is 0 Å². The summed E-state index contributed by atoms with van der Waals surface area (Å²) >= 11 is 0. The third-order valence-corrected chi connectivity index (χ3v) is 3.36. The first kappa shape index (κ1) is 17.8. The molecule has 21 heavy (non-hydrogen) atoms. The average molecular weight is 300 g/mol. The molecule has 1 aliphatic rings. The zero-order valence-corrected chi connectivity index (χ0v) is 13.8. The number of alkyl carbamates (subject to hydrolysis) is 1. The second-order valence-corrected chi connectivity index (χ2v) is 6.67. The summed E-state index contributed by atoms with van der Waals surface area (Å²) in [6, 6.07) is 0.0680. The molecule has 0 aromatic heterocycles. The SMILES string of the molecule is COC(=O)C(C)CN1CCCC(NC(=O)OC(C)(C)C)C1. The number of methoxy groups -OCH3 is 1. The summed E-state index contributed by atoms with van der Waals surface area (Å²) < 4.78 is 10.0. The van der Waals surface area contributed by atoms with Gasteiger partial charge in [-0.15, -0.1) is 0 Å². The molecule has 1 aliphatic heterocycles. The number of amides is 1. The highest BCUT2D eigenvalue weighted by Crippen LogP contribution is 2.14. The smallest absolute Gasteiger partial charge is 0.407 e. The van der Waals surface area contributed by atoms with Crippen LogP contribution in [0.4, 0.5) is 4.79 Å². The maximum Gasteiger partial charge on any atom is 0.407 e. The lowest BCUT2D eigenvalue weighted by atomic mass is 10.0. The fraction of sp³-hybridized carbons (Fsp3) is 0.867. The molecule has 6 nitrogen and oxygen atoms in total. The number of ether oxygens (including phenoxy) is 2. The molecule has 1 saturated heterocycles. The Hall–Kier alpha value is -1.30. The summed E-state index contributed by atoms with van der Waals surface area (Å²) in [5, 5.41) is 2.90. The fourth-order valence-electron chi connectivity index (χ4n) is 2.48. The standard InChI is InChI=1S/C15H28N2O4/c1-11(13(18)20-5)9-17-8-6-7-12(10-17)16-14(19)21-15(2,3)4/h11-12H,6-10H2,1-5H3,(H,16,19). The Kier molecular flexibility index (Phi) is 6.45. The number of hydrogen-bond donors (Lipinski definition) is 1. The Morgan fingerprint density at radius 2 is 2.05 bits per heavy atom. The van der Waals surface area contributed by atoms with Gasteiger partial charge in [0.15, 0.2) is 0 Å². The fourth-order valence-corrected chi connectivity index (χ4v) is 2.48. The minimum Gasteiger partial charge on any atom is -0.469 e. The molecular weight excluding hydrogens is 272 g/mol. The molecule has 0 aliphatic carbocycles. The quantitative estimate of drug-likeness (QED) is 0.802. The second kappa shape index (κ2) is 7.64. The van der Waals surface area contributed by atoms with Crippen LogP contribution in [0.15, 0.2) is 0 Å². The molecule has 1 rings (SSSR count). The lowest BCUT2D eigenvalue weighted by molar-refractivity contribution is -0.145. The van der Waals surface area contributed by atoms with Crippen LogP contribution in [0.1, 0.15) is 40.5 Å². The molecule has 0 radical (unpaired) electrons. The highest BCUT2D eigenvalue weighted by molar-refractivity contribution is 5.72. The maximum atomic E-state index is 11.8. The highest BCUT2D eigenvalue weighted by Gasteiger charge is 2.26. The van der Waals surface area contributed by atoms with E-state index in [1.54, 1.807) is 0 Å². The van der Waals surface area contributed by atoms with E-state index >= 15 is 0 Å². The zero-order chi connectivity index (χ0) is 16.0. The summed E-state index contributed by atoms with van der Waals surface area (Å²) in [6.07, 6.45) is 1.55. The van der Waals surface area contributed by atoms with Crippen molar-refractivity contribution < 1.29 is 19.1 Å². The molecule has 1 fully saturated rings. The molecule has 2 atom stereocenters. The number of hydrogen-bond acceptors (Lipinski definition) is 5. The van der Waals surface area contributed by atoms with Crippen molar-refractivity contribution >= 4 is 12.1 Å². The molecule has 0 spiro atoms. The number of esters is 1. The van der Waals surface area contributed by atoms with Gasteiger partial charge in [-0.25, -0.2) is 4.79 Å². The average Bonchev–Trinajstić information content (AvgIpc) is 2.35. The van der Waals surface area contributed by atoms with Crippen LogP contribution < -0.4 is 5.32 Å². The normalized spacial score (nSPS) is 21.5. The van der Waals surface area contributed by atoms with Crippen molar-refractivity contribution in [3.05, 3.63) is 0 Å². The highest BCUT2D eigenvalue weighted by atomic mass is 16.6. The topological polar surface area (TPSA) is 67.9 Å². The van der Waals surface area contributed by atoms with Gasteiger partial charge >= 0.3 is 12.1 Å². The molecule has 0 bridgehead atoms. The van der Waals surface area contributed by atoms with Gasteiger partial charge in [0.05, 0.1) is 13.0 Å². The van der Waals surface area contributed by atoms with Gasteiger partial charge in [-0.05, 0) is 40.2 Å². The summed E-state index contributed by atoms with van der Waals surface area (Å²) in [6.45, 7) is 9.72. The van der Waals surface area contributed by atoms with Crippen LogP contribution in [0, 0.1) is 5.92 Å². The van der Waals surface area contributed by atoms with Crippen molar-refractivity contribution in [3.63, 3.8) is 0 Å². The van der Waals surface area contributed by atoms with E-state index in [0.717, 1.165) is 25.9 Å². The van der Waals surface area contributed by atoms with Gasteiger partial charge in [0.25, 0.3) is 0 Å². The van der Waals surface area contributed by atoms with Crippen LogP contribution in [0.25, 0.3) is 0 Å². The van der Waals surface area contributed by atoms with E-state index in [-0.39, 0.29) is 24.0 Å². The van der Waals surface area contributed by atoms with E-state index in [1.165, 1.54) is 7.11 Å². The molecular formula is C15H28N2O4. The summed E-state index contributed by atoms with van der Waals surface area (Å²) in [7, 11) is 1.40. The van der Waals surface area contributed by atoms with Crippen molar-refractivity contribution in [3.8, 4) is 0 Å². The van der Waals surface area contributed by atoms with Crippen molar-refractivity contribution in [1.82, 2.24) is 10.2 Å². The van der Waals surface area contributed by atoms with Gasteiger partial charge in [-0.3, -0.25) is 4.79 Å². The van der Waals surface area contributed by atoms with Crippen LogP contribution in [-0.4, -0.2) is 55.3 Å². The number of carbonyl (C=O) groups is 2. The van der Waals surface area contributed by atoms with Gasteiger partial charge < -0.3 is 19.7 Å². The van der Waals surface area contributed by atoms with E-state index in [0.29, 0.717) is 6.54 Å². The van der Waals surface area contributed by atoms with Crippen molar-refractivity contribution in [2.24, 2.45) is 5.92 Å². The van der Waals surface area contributed by atoms with E-state index in [9.17, 15) is 9.59 Å². The molecule has 0 saturated carbocycles. The van der Waals surface area contributed by atoms with Crippen LogP contribution in [-0.2, 0) is 14.3 Å². The Balaban J connectivity index is 2.42. The first-order valence-electron chi connectivity index (χ1n) is 7.51. The molecule has 122 valence electrons. The molecule has 0 aromatic carbocycles. The Morgan fingerprint density at radius 3 is 2.62 bits per heavy atom. The first-order valence-corrected chi connectivity index (χ1v) is 7.51. The molecule has 6 heteroatoms. The summed E-state index contributed by atoms with van der Waals surface area (Å²) in [5.74, 6) is -0.354. The third-order valence-electron chi connectivity index (χ3n) is 3.36. The minimum absolute atomic E-state index is 0.0680. The van der Waals surface area contributed by atoms with Gasteiger partial charge in [0.1, 0.15) is 5.60 Å². The number of rotatable bonds is 4. The van der Waals surface area contributed by atoms with E-state index in [4.69, 9.17) is 9.47 Å². The van der Waals surface area contributed by atoms with Crippen LogP contribution in [0.5, 0.6) is 0 Å². The van der Waals surface area contributed by atoms with Gasteiger partial charge in [-0.1, -0.05) is 6.92 Å². The number of nitrogens with one attached hydrogen (secondary N) is 1. The lowest BCUT2D eigenvalue weighted by Gasteiger charge is -2.34. The third kappa shape index (κ3) is 6.80. The predicted octanol–water partition coefficient (Wildman–Crippen LogP) is 1.78. The largest absolute Gasteiger partial charge is 0.469 e. The van der Waals surface area contributed by atoms with E-state index < -0.39 is 5.60 Å². The van der Waals surface area contributed by atoms with Crippen LogP contribution in [0.2, 0.25) is 0 Å². The van der Waals surface area contributed by atoms with Crippen LogP contribution >= 0.6 is 0 Å². The van der Waals surface area contributed by atoms with Crippen LogP contribution in [0.3, 0.4) is 0 Å². The van der Waals surface area contributed by atoms with Crippen molar-refractivity contribution in [2.75, 3.05) is 26.7 Å².